The van der Waals surface area contributed by atoms with Crippen molar-refractivity contribution in [2.75, 3.05) is 13.7 Å². The zero-order valence-corrected chi connectivity index (χ0v) is 10.5. The lowest BCUT2D eigenvalue weighted by atomic mass is 9.89. The van der Waals surface area contributed by atoms with E-state index < -0.39 is 0 Å². The summed E-state index contributed by atoms with van der Waals surface area (Å²) in [4.78, 5) is 0. The average molecular weight is 219 g/mol. The van der Waals surface area contributed by atoms with Crippen LogP contribution in [0.3, 0.4) is 0 Å². The molecule has 1 fully saturated rings. The van der Waals surface area contributed by atoms with Crippen LogP contribution in [0.1, 0.15) is 36.0 Å². The Labute approximate surface area is 97.8 Å². The van der Waals surface area contributed by atoms with Crippen molar-refractivity contribution in [3.05, 3.63) is 28.8 Å². The second-order valence-electron chi connectivity index (χ2n) is 4.96. The third kappa shape index (κ3) is 1.82. The standard InChI is InChI=1S/C14H21NO/c1-10-8-12(13(16-3)9-11(10)2)14(4-5-14)6-7-15/h8-9H,4-7,15H2,1-3H3. The fourth-order valence-corrected chi connectivity index (χ4v) is 2.45. The van der Waals surface area contributed by atoms with Crippen LogP contribution in [0.5, 0.6) is 5.75 Å². The van der Waals surface area contributed by atoms with Crippen LogP contribution < -0.4 is 10.5 Å². The van der Waals surface area contributed by atoms with Crippen molar-refractivity contribution < 1.29 is 4.74 Å². The first-order valence-corrected chi connectivity index (χ1v) is 5.99. The van der Waals surface area contributed by atoms with Gasteiger partial charge in [-0.15, -0.1) is 0 Å². The minimum Gasteiger partial charge on any atom is -0.496 e. The Morgan fingerprint density at radius 1 is 1.25 bits per heavy atom. The van der Waals surface area contributed by atoms with Gasteiger partial charge in [0.25, 0.3) is 0 Å². The fourth-order valence-electron chi connectivity index (χ4n) is 2.45. The Hall–Kier alpha value is -1.02. The van der Waals surface area contributed by atoms with Gasteiger partial charge in [-0.05, 0) is 56.8 Å². The number of methoxy groups -OCH3 is 1. The van der Waals surface area contributed by atoms with Crippen LogP contribution in [0.4, 0.5) is 0 Å². The number of hydrogen-bond donors (Lipinski definition) is 1. The van der Waals surface area contributed by atoms with E-state index in [1.165, 1.54) is 29.5 Å². The van der Waals surface area contributed by atoms with Gasteiger partial charge in [-0.2, -0.15) is 0 Å². The largest absolute Gasteiger partial charge is 0.496 e. The fraction of sp³-hybridized carbons (Fsp3) is 0.571. The number of aryl methyl sites for hydroxylation is 2. The molecule has 0 amide bonds. The first-order valence-electron chi connectivity index (χ1n) is 5.99. The van der Waals surface area contributed by atoms with Crippen LogP contribution in [0, 0.1) is 13.8 Å². The highest BCUT2D eigenvalue weighted by Gasteiger charge is 2.45. The molecule has 0 bridgehead atoms. The minimum absolute atomic E-state index is 0.318. The minimum atomic E-state index is 0.318. The summed E-state index contributed by atoms with van der Waals surface area (Å²) in [6.07, 6.45) is 3.58. The van der Waals surface area contributed by atoms with Gasteiger partial charge in [0, 0.05) is 11.0 Å². The van der Waals surface area contributed by atoms with Gasteiger partial charge in [0.15, 0.2) is 0 Å². The molecule has 0 atom stereocenters. The number of hydrogen-bond acceptors (Lipinski definition) is 2. The molecule has 0 heterocycles. The second kappa shape index (κ2) is 4.10. The van der Waals surface area contributed by atoms with Gasteiger partial charge in [-0.3, -0.25) is 0 Å². The van der Waals surface area contributed by atoms with Crippen molar-refractivity contribution in [3.63, 3.8) is 0 Å². The van der Waals surface area contributed by atoms with Crippen molar-refractivity contribution >= 4 is 0 Å². The smallest absolute Gasteiger partial charge is 0.122 e. The Bertz CT molecular complexity index is 394. The second-order valence-corrected chi connectivity index (χ2v) is 4.96. The predicted molar refractivity (Wildman–Crippen MR) is 67.1 cm³/mol. The highest BCUT2D eigenvalue weighted by Crippen LogP contribution is 2.53. The van der Waals surface area contributed by atoms with E-state index in [2.05, 4.69) is 26.0 Å². The molecular formula is C14H21NO. The van der Waals surface area contributed by atoms with E-state index in [-0.39, 0.29) is 0 Å². The van der Waals surface area contributed by atoms with Crippen LogP contribution in [0.25, 0.3) is 0 Å². The van der Waals surface area contributed by atoms with Gasteiger partial charge in [0.2, 0.25) is 0 Å². The molecule has 1 aliphatic rings. The van der Waals surface area contributed by atoms with Gasteiger partial charge in [-0.1, -0.05) is 6.07 Å². The molecule has 1 aromatic carbocycles. The monoisotopic (exact) mass is 219 g/mol. The summed E-state index contributed by atoms with van der Waals surface area (Å²) >= 11 is 0. The summed E-state index contributed by atoms with van der Waals surface area (Å²) < 4.78 is 5.51. The summed E-state index contributed by atoms with van der Waals surface area (Å²) in [5.41, 5.74) is 10.0. The van der Waals surface area contributed by atoms with Crippen LogP contribution in [0.2, 0.25) is 0 Å². The highest BCUT2D eigenvalue weighted by atomic mass is 16.5. The lowest BCUT2D eigenvalue weighted by Gasteiger charge is -2.20. The zero-order valence-electron chi connectivity index (χ0n) is 10.5. The molecule has 1 aromatic rings. The molecule has 2 N–H and O–H groups in total. The lowest BCUT2D eigenvalue weighted by Crippen LogP contribution is -2.15. The quantitative estimate of drug-likeness (QED) is 0.845. The van der Waals surface area contributed by atoms with Crippen molar-refractivity contribution in [3.8, 4) is 5.75 Å². The summed E-state index contributed by atoms with van der Waals surface area (Å²) in [5, 5.41) is 0. The molecule has 88 valence electrons. The molecule has 1 aliphatic carbocycles. The highest BCUT2D eigenvalue weighted by molar-refractivity contribution is 5.48. The van der Waals surface area contributed by atoms with Crippen molar-refractivity contribution in [1.82, 2.24) is 0 Å². The predicted octanol–water partition coefficient (Wildman–Crippen LogP) is 2.69. The maximum absolute atomic E-state index is 5.71. The molecule has 2 nitrogen and oxygen atoms in total. The van der Waals surface area contributed by atoms with Gasteiger partial charge in [0.1, 0.15) is 5.75 Å². The van der Waals surface area contributed by atoms with E-state index in [4.69, 9.17) is 10.5 Å². The van der Waals surface area contributed by atoms with E-state index in [1.807, 2.05) is 0 Å². The van der Waals surface area contributed by atoms with E-state index in [1.54, 1.807) is 7.11 Å². The zero-order chi connectivity index (χ0) is 11.8. The van der Waals surface area contributed by atoms with Crippen molar-refractivity contribution in [1.29, 1.82) is 0 Å². The Morgan fingerprint density at radius 2 is 1.88 bits per heavy atom. The molecule has 0 unspecified atom stereocenters. The van der Waals surface area contributed by atoms with Gasteiger partial charge >= 0.3 is 0 Å². The molecular weight excluding hydrogens is 198 g/mol. The topological polar surface area (TPSA) is 35.2 Å². The van der Waals surface area contributed by atoms with E-state index >= 15 is 0 Å². The van der Waals surface area contributed by atoms with Gasteiger partial charge < -0.3 is 10.5 Å². The Balaban J connectivity index is 2.43. The van der Waals surface area contributed by atoms with E-state index in [0.717, 1.165) is 18.7 Å². The number of ether oxygens (including phenoxy) is 1. The SMILES string of the molecule is COc1cc(C)c(C)cc1C1(CCN)CC1. The lowest BCUT2D eigenvalue weighted by molar-refractivity contribution is 0.401. The van der Waals surface area contributed by atoms with Gasteiger partial charge in [0.05, 0.1) is 7.11 Å². The molecule has 2 rings (SSSR count). The van der Waals surface area contributed by atoms with Crippen molar-refractivity contribution in [2.24, 2.45) is 5.73 Å². The van der Waals surface area contributed by atoms with Gasteiger partial charge in [-0.25, -0.2) is 0 Å². The molecule has 16 heavy (non-hydrogen) atoms. The first kappa shape index (κ1) is 11.5. The Morgan fingerprint density at radius 3 is 2.38 bits per heavy atom. The molecule has 0 aliphatic heterocycles. The molecule has 1 saturated carbocycles. The van der Waals surface area contributed by atoms with Crippen LogP contribution in [0.15, 0.2) is 12.1 Å². The summed E-state index contributed by atoms with van der Waals surface area (Å²) in [7, 11) is 1.76. The number of nitrogens with two attached hydrogens (primary N) is 1. The van der Waals surface area contributed by atoms with Crippen LogP contribution in [-0.2, 0) is 5.41 Å². The number of benzene rings is 1. The summed E-state index contributed by atoms with van der Waals surface area (Å²) in [5.74, 6) is 1.04. The van der Waals surface area contributed by atoms with Crippen molar-refractivity contribution in [2.45, 2.75) is 38.5 Å². The maximum Gasteiger partial charge on any atom is 0.122 e. The summed E-state index contributed by atoms with van der Waals surface area (Å²) in [6.45, 7) is 5.05. The summed E-state index contributed by atoms with van der Waals surface area (Å²) in [6, 6.07) is 4.44. The third-order valence-electron chi connectivity index (χ3n) is 3.86. The third-order valence-corrected chi connectivity index (χ3v) is 3.86. The molecule has 0 aromatic heterocycles. The molecule has 0 saturated heterocycles. The van der Waals surface area contributed by atoms with E-state index in [0.29, 0.717) is 5.41 Å². The maximum atomic E-state index is 5.71. The van der Waals surface area contributed by atoms with Crippen LogP contribution >= 0.6 is 0 Å². The van der Waals surface area contributed by atoms with E-state index in [9.17, 15) is 0 Å². The molecule has 2 heteroatoms. The molecule has 0 radical (unpaired) electrons. The number of rotatable bonds is 4. The first-order chi connectivity index (χ1) is 7.63. The normalized spacial score (nSPS) is 17.2. The van der Waals surface area contributed by atoms with Crippen LogP contribution in [-0.4, -0.2) is 13.7 Å². The molecule has 0 spiro atoms. The average Bonchev–Trinajstić information content (AvgIpc) is 3.03. The Kier molecular flexibility index (Phi) is 2.94.